The van der Waals surface area contributed by atoms with Crippen LogP contribution in [0.5, 0.6) is 0 Å². The Morgan fingerprint density at radius 1 is 1.37 bits per heavy atom. The number of aromatic nitrogens is 1. The summed E-state index contributed by atoms with van der Waals surface area (Å²) < 4.78 is 0. The van der Waals surface area contributed by atoms with Crippen molar-refractivity contribution >= 4 is 17.7 Å². The van der Waals surface area contributed by atoms with Gasteiger partial charge in [-0.05, 0) is 30.9 Å². The summed E-state index contributed by atoms with van der Waals surface area (Å²) in [4.78, 5) is 26.7. The van der Waals surface area contributed by atoms with Crippen LogP contribution in [0.1, 0.15) is 33.1 Å². The number of carbonyl (C=O) groups is 2. The van der Waals surface area contributed by atoms with Gasteiger partial charge in [0.15, 0.2) is 0 Å². The zero-order valence-corrected chi connectivity index (χ0v) is 11.3. The van der Waals surface area contributed by atoms with Crippen molar-refractivity contribution in [1.82, 2.24) is 4.98 Å². The number of nitrogens with zero attached hydrogens (tertiary/aromatic N) is 1. The molecule has 0 aromatic carbocycles. The van der Waals surface area contributed by atoms with Gasteiger partial charge >= 0.3 is 5.97 Å². The molecule has 0 spiro atoms. The van der Waals surface area contributed by atoms with Crippen LogP contribution < -0.4 is 5.32 Å². The molecule has 1 rings (SSSR count). The lowest BCUT2D eigenvalue weighted by molar-refractivity contribution is -0.142. The summed E-state index contributed by atoms with van der Waals surface area (Å²) in [5, 5.41) is 11.7. The van der Waals surface area contributed by atoms with Crippen molar-refractivity contribution in [2.45, 2.75) is 33.1 Å². The van der Waals surface area contributed by atoms with E-state index in [-0.39, 0.29) is 12.3 Å². The predicted octanol–water partition coefficient (Wildman–Crippen LogP) is 2.55. The number of hydrogen-bond acceptors (Lipinski definition) is 3. The summed E-state index contributed by atoms with van der Waals surface area (Å²) >= 11 is 0. The maximum atomic E-state index is 11.7. The van der Waals surface area contributed by atoms with E-state index in [0.29, 0.717) is 24.6 Å². The number of carbonyl (C=O) groups excluding carboxylic acids is 1. The average molecular weight is 264 g/mol. The fourth-order valence-electron chi connectivity index (χ4n) is 1.86. The van der Waals surface area contributed by atoms with Gasteiger partial charge in [-0.15, -0.1) is 0 Å². The minimum Gasteiger partial charge on any atom is -0.481 e. The van der Waals surface area contributed by atoms with Gasteiger partial charge in [-0.1, -0.05) is 19.9 Å². The Bertz CT molecular complexity index is 418. The van der Waals surface area contributed by atoms with E-state index < -0.39 is 11.9 Å². The van der Waals surface area contributed by atoms with Gasteiger partial charge in [-0.2, -0.15) is 0 Å². The molecule has 0 aliphatic carbocycles. The second-order valence-electron chi connectivity index (χ2n) is 4.97. The minimum absolute atomic E-state index is 0.195. The van der Waals surface area contributed by atoms with Crippen LogP contribution in [0.3, 0.4) is 0 Å². The molecule has 0 fully saturated rings. The number of anilines is 1. The van der Waals surface area contributed by atoms with Gasteiger partial charge in [0, 0.05) is 12.6 Å². The van der Waals surface area contributed by atoms with Crippen LogP contribution >= 0.6 is 0 Å². The Labute approximate surface area is 113 Å². The molecule has 0 saturated heterocycles. The van der Waals surface area contributed by atoms with Crippen molar-refractivity contribution in [3.63, 3.8) is 0 Å². The third-order valence-electron chi connectivity index (χ3n) is 2.76. The molecule has 0 bridgehead atoms. The first kappa shape index (κ1) is 15.1. The van der Waals surface area contributed by atoms with Crippen molar-refractivity contribution < 1.29 is 14.7 Å². The number of carboxylic acids is 1. The van der Waals surface area contributed by atoms with Gasteiger partial charge in [-0.3, -0.25) is 9.59 Å². The molecular formula is C14H20N2O3. The van der Waals surface area contributed by atoms with Crippen LogP contribution in [0.2, 0.25) is 0 Å². The average Bonchev–Trinajstić information content (AvgIpc) is 2.35. The van der Waals surface area contributed by atoms with Crippen LogP contribution in [-0.4, -0.2) is 22.0 Å². The van der Waals surface area contributed by atoms with E-state index in [2.05, 4.69) is 10.3 Å². The first-order valence-electron chi connectivity index (χ1n) is 6.42. The quantitative estimate of drug-likeness (QED) is 0.793. The second kappa shape index (κ2) is 7.51. The summed E-state index contributed by atoms with van der Waals surface area (Å²) in [6, 6.07) is 5.24. The number of aliphatic carboxylic acids is 1. The van der Waals surface area contributed by atoms with Crippen LogP contribution in [0.15, 0.2) is 24.4 Å². The van der Waals surface area contributed by atoms with Crippen molar-refractivity contribution in [2.75, 3.05) is 5.32 Å². The normalized spacial score (nSPS) is 12.2. The monoisotopic (exact) mass is 264 g/mol. The number of amides is 1. The van der Waals surface area contributed by atoms with Crippen LogP contribution in [0.4, 0.5) is 5.82 Å². The highest BCUT2D eigenvalue weighted by Gasteiger charge is 2.20. The molecule has 1 heterocycles. The number of carboxylic acid groups (broad SMARTS) is 1. The number of hydrogen-bond donors (Lipinski definition) is 2. The molecule has 19 heavy (non-hydrogen) atoms. The Morgan fingerprint density at radius 3 is 2.63 bits per heavy atom. The molecule has 1 amide bonds. The Morgan fingerprint density at radius 2 is 2.11 bits per heavy atom. The first-order chi connectivity index (χ1) is 8.99. The van der Waals surface area contributed by atoms with E-state index in [0.717, 1.165) is 0 Å². The summed E-state index contributed by atoms with van der Waals surface area (Å²) in [6.07, 6.45) is 2.73. The van der Waals surface area contributed by atoms with Gasteiger partial charge in [0.1, 0.15) is 5.82 Å². The van der Waals surface area contributed by atoms with Crippen molar-refractivity contribution in [1.29, 1.82) is 0 Å². The lowest BCUT2D eigenvalue weighted by atomic mass is 9.93. The summed E-state index contributed by atoms with van der Waals surface area (Å²) in [7, 11) is 0. The van der Waals surface area contributed by atoms with Crippen LogP contribution in [-0.2, 0) is 9.59 Å². The van der Waals surface area contributed by atoms with E-state index in [4.69, 9.17) is 5.11 Å². The second-order valence-corrected chi connectivity index (χ2v) is 4.97. The van der Waals surface area contributed by atoms with Crippen LogP contribution in [0.25, 0.3) is 0 Å². The fourth-order valence-corrected chi connectivity index (χ4v) is 1.86. The zero-order valence-electron chi connectivity index (χ0n) is 11.3. The molecule has 1 aromatic rings. The smallest absolute Gasteiger partial charge is 0.306 e. The molecule has 0 unspecified atom stereocenters. The molecule has 104 valence electrons. The van der Waals surface area contributed by atoms with Crippen molar-refractivity contribution in [3.8, 4) is 0 Å². The maximum Gasteiger partial charge on any atom is 0.306 e. The molecular weight excluding hydrogens is 244 g/mol. The van der Waals surface area contributed by atoms with Crippen molar-refractivity contribution in [2.24, 2.45) is 11.8 Å². The van der Waals surface area contributed by atoms with Gasteiger partial charge in [-0.25, -0.2) is 4.98 Å². The highest BCUT2D eigenvalue weighted by atomic mass is 16.4. The van der Waals surface area contributed by atoms with E-state index in [9.17, 15) is 9.59 Å². The van der Waals surface area contributed by atoms with E-state index in [1.54, 1.807) is 24.4 Å². The van der Waals surface area contributed by atoms with Crippen molar-refractivity contribution in [3.05, 3.63) is 24.4 Å². The lowest BCUT2D eigenvalue weighted by Crippen LogP contribution is -2.20. The van der Waals surface area contributed by atoms with Gasteiger partial charge in [0.2, 0.25) is 5.91 Å². The minimum atomic E-state index is -0.834. The highest BCUT2D eigenvalue weighted by Crippen LogP contribution is 2.17. The molecule has 0 saturated carbocycles. The van der Waals surface area contributed by atoms with E-state index in [1.807, 2.05) is 13.8 Å². The standard InChI is InChI=1S/C14H20N2O3/c1-10(2)9-11(14(18)19)6-7-13(17)16-12-5-3-4-8-15-12/h3-5,8,10-11H,6-7,9H2,1-2H3,(H,18,19)(H,15,16,17)/t11-/m1/s1. The van der Waals surface area contributed by atoms with E-state index in [1.165, 1.54) is 0 Å². The third kappa shape index (κ3) is 5.99. The summed E-state index contributed by atoms with van der Waals surface area (Å²) in [6.45, 7) is 3.95. The van der Waals surface area contributed by atoms with E-state index >= 15 is 0 Å². The van der Waals surface area contributed by atoms with Gasteiger partial charge in [0.05, 0.1) is 5.92 Å². The van der Waals surface area contributed by atoms with Crippen LogP contribution in [0, 0.1) is 11.8 Å². The zero-order chi connectivity index (χ0) is 14.3. The molecule has 1 atom stereocenters. The Kier molecular flexibility index (Phi) is 5.99. The molecule has 5 nitrogen and oxygen atoms in total. The number of nitrogens with one attached hydrogen (secondary N) is 1. The molecule has 2 N–H and O–H groups in total. The Balaban J connectivity index is 2.42. The molecule has 5 heteroatoms. The SMILES string of the molecule is CC(C)C[C@@H](CCC(=O)Nc1ccccn1)C(=O)O. The summed E-state index contributed by atoms with van der Waals surface area (Å²) in [5.41, 5.74) is 0. The highest BCUT2D eigenvalue weighted by molar-refractivity contribution is 5.89. The molecule has 1 aromatic heterocycles. The van der Waals surface area contributed by atoms with Gasteiger partial charge < -0.3 is 10.4 Å². The molecule has 0 radical (unpaired) electrons. The fraction of sp³-hybridized carbons (Fsp3) is 0.500. The first-order valence-corrected chi connectivity index (χ1v) is 6.42. The number of pyridine rings is 1. The largest absolute Gasteiger partial charge is 0.481 e. The number of rotatable bonds is 7. The lowest BCUT2D eigenvalue weighted by Gasteiger charge is -2.14. The molecule has 0 aliphatic rings. The predicted molar refractivity (Wildman–Crippen MR) is 72.7 cm³/mol. The van der Waals surface area contributed by atoms with Gasteiger partial charge in [0.25, 0.3) is 0 Å². The maximum absolute atomic E-state index is 11.7. The Hall–Kier alpha value is -1.91. The summed E-state index contributed by atoms with van der Waals surface area (Å²) in [5.74, 6) is -0.703. The third-order valence-corrected chi connectivity index (χ3v) is 2.76. The molecule has 0 aliphatic heterocycles. The topological polar surface area (TPSA) is 79.3 Å².